The van der Waals surface area contributed by atoms with Gasteiger partial charge in [-0.3, -0.25) is 9.59 Å². The van der Waals surface area contributed by atoms with Gasteiger partial charge in [0.05, 0.1) is 6.42 Å². The zero-order chi connectivity index (χ0) is 25.2. The first kappa shape index (κ1) is 25.7. The van der Waals surface area contributed by atoms with Crippen LogP contribution in [0.2, 0.25) is 0 Å². The van der Waals surface area contributed by atoms with Gasteiger partial charge in [0.15, 0.2) is 6.61 Å². The normalized spacial score (nSPS) is 14.3. The van der Waals surface area contributed by atoms with E-state index in [-0.39, 0.29) is 30.2 Å². The topological polar surface area (TPSA) is 108 Å². The first-order chi connectivity index (χ1) is 16.8. The smallest absolute Gasteiger partial charge is 0.329 e. The number of piperazine rings is 1. The zero-order valence-electron chi connectivity index (χ0n) is 20.1. The van der Waals surface area contributed by atoms with Gasteiger partial charge >= 0.3 is 12.0 Å². The molecule has 1 aliphatic heterocycles. The summed E-state index contributed by atoms with van der Waals surface area (Å²) in [5, 5.41) is 5.55. The van der Waals surface area contributed by atoms with E-state index in [9.17, 15) is 19.2 Å². The molecule has 0 aromatic heterocycles. The van der Waals surface area contributed by atoms with Crippen molar-refractivity contribution in [3.05, 3.63) is 66.2 Å². The maximum atomic E-state index is 12.6. The monoisotopic (exact) mass is 480 g/mol. The number of nitrogens with zero attached hydrogens (tertiary/aromatic N) is 2. The fourth-order valence-electron chi connectivity index (χ4n) is 3.70. The third kappa shape index (κ3) is 7.84. The van der Waals surface area contributed by atoms with Crippen molar-refractivity contribution in [2.75, 3.05) is 38.1 Å². The summed E-state index contributed by atoms with van der Waals surface area (Å²) in [5.74, 6) is -1.47. The van der Waals surface area contributed by atoms with Crippen molar-refractivity contribution in [1.82, 2.24) is 15.1 Å². The fraction of sp³-hybridized carbons (Fsp3) is 0.385. The van der Waals surface area contributed by atoms with Crippen LogP contribution in [0.25, 0.3) is 0 Å². The van der Waals surface area contributed by atoms with Gasteiger partial charge < -0.3 is 25.2 Å². The molecule has 4 amide bonds. The standard InChI is InChI=1S/C26H32N4O5/c1-19(2)24(28-22(31)17-20-9-5-3-6-10-20)25(33)35-18-23(32)29-13-15-30(16-14-29)26(34)27-21-11-7-4-8-12-21/h3-12,19,24H,13-18H2,1-2H3,(H,27,34)(H,28,31)/t24-/m0/s1. The Morgan fingerprint density at radius 3 is 2.03 bits per heavy atom. The Balaban J connectivity index is 1.42. The second kappa shape index (κ2) is 12.5. The van der Waals surface area contributed by atoms with Crippen LogP contribution >= 0.6 is 0 Å². The average Bonchev–Trinajstić information content (AvgIpc) is 2.86. The number of esters is 1. The number of ether oxygens (including phenoxy) is 1. The van der Waals surface area contributed by atoms with Crippen molar-refractivity contribution in [3.8, 4) is 0 Å². The molecule has 2 N–H and O–H groups in total. The van der Waals surface area contributed by atoms with E-state index in [1.165, 1.54) is 0 Å². The van der Waals surface area contributed by atoms with Crippen LogP contribution in [0.5, 0.6) is 0 Å². The van der Waals surface area contributed by atoms with Crippen LogP contribution in [0.4, 0.5) is 10.5 Å². The third-order valence-corrected chi connectivity index (χ3v) is 5.73. The quantitative estimate of drug-likeness (QED) is 0.564. The minimum absolute atomic E-state index is 0.151. The summed E-state index contributed by atoms with van der Waals surface area (Å²) in [6.45, 7) is 4.64. The highest BCUT2D eigenvalue weighted by Gasteiger charge is 2.28. The van der Waals surface area contributed by atoms with Gasteiger partial charge in [0.2, 0.25) is 5.91 Å². The molecule has 2 aromatic rings. The highest BCUT2D eigenvalue weighted by Crippen LogP contribution is 2.10. The summed E-state index contributed by atoms with van der Waals surface area (Å²) in [4.78, 5) is 53.2. The third-order valence-electron chi connectivity index (χ3n) is 5.73. The molecule has 0 radical (unpaired) electrons. The van der Waals surface area contributed by atoms with Crippen LogP contribution < -0.4 is 10.6 Å². The van der Waals surface area contributed by atoms with Gasteiger partial charge in [-0.05, 0) is 23.6 Å². The van der Waals surface area contributed by atoms with Crippen molar-refractivity contribution in [2.24, 2.45) is 5.92 Å². The number of benzene rings is 2. The number of hydrogen-bond acceptors (Lipinski definition) is 5. The number of carbonyl (C=O) groups is 4. The zero-order valence-corrected chi connectivity index (χ0v) is 20.1. The molecule has 0 aliphatic carbocycles. The summed E-state index contributed by atoms with van der Waals surface area (Å²) in [5.41, 5.74) is 1.55. The van der Waals surface area contributed by atoms with Gasteiger partial charge in [0.1, 0.15) is 6.04 Å². The summed E-state index contributed by atoms with van der Waals surface area (Å²) < 4.78 is 5.25. The number of urea groups is 1. The van der Waals surface area contributed by atoms with Crippen molar-refractivity contribution in [1.29, 1.82) is 0 Å². The van der Waals surface area contributed by atoms with Gasteiger partial charge in [-0.2, -0.15) is 0 Å². The van der Waals surface area contributed by atoms with E-state index in [1.807, 2.05) is 48.5 Å². The number of anilines is 1. The summed E-state index contributed by atoms with van der Waals surface area (Å²) >= 11 is 0. The molecular formula is C26H32N4O5. The Morgan fingerprint density at radius 2 is 1.43 bits per heavy atom. The van der Waals surface area contributed by atoms with E-state index in [2.05, 4.69) is 10.6 Å². The predicted octanol–water partition coefficient (Wildman–Crippen LogP) is 2.29. The van der Waals surface area contributed by atoms with E-state index in [4.69, 9.17) is 4.74 Å². The number of rotatable bonds is 8. The Bertz CT molecular complexity index is 1000. The highest BCUT2D eigenvalue weighted by atomic mass is 16.5. The SMILES string of the molecule is CC(C)[C@H](NC(=O)Cc1ccccc1)C(=O)OCC(=O)N1CCN(C(=O)Nc2ccccc2)CC1. The second-order valence-electron chi connectivity index (χ2n) is 8.72. The van der Waals surface area contributed by atoms with Gasteiger partial charge in [0, 0.05) is 31.9 Å². The van der Waals surface area contributed by atoms with E-state index < -0.39 is 18.6 Å². The molecular weight excluding hydrogens is 448 g/mol. The average molecular weight is 481 g/mol. The Kier molecular flexibility index (Phi) is 9.23. The molecule has 0 unspecified atom stereocenters. The molecule has 1 fully saturated rings. The summed E-state index contributed by atoms with van der Waals surface area (Å²) in [7, 11) is 0. The molecule has 1 saturated heterocycles. The molecule has 0 saturated carbocycles. The summed E-state index contributed by atoms with van der Waals surface area (Å²) in [6.07, 6.45) is 0.151. The van der Waals surface area contributed by atoms with Crippen LogP contribution in [0, 0.1) is 5.92 Å². The lowest BCUT2D eigenvalue weighted by Crippen LogP contribution is -2.53. The number of hydrogen-bond donors (Lipinski definition) is 2. The largest absolute Gasteiger partial charge is 0.454 e. The number of nitrogens with one attached hydrogen (secondary N) is 2. The number of amides is 4. The van der Waals surface area contributed by atoms with Crippen LogP contribution in [-0.4, -0.2) is 72.4 Å². The maximum Gasteiger partial charge on any atom is 0.329 e. The summed E-state index contributed by atoms with van der Waals surface area (Å²) in [6, 6.07) is 17.3. The molecule has 1 heterocycles. The van der Waals surface area contributed by atoms with Crippen molar-refractivity contribution < 1.29 is 23.9 Å². The highest BCUT2D eigenvalue weighted by molar-refractivity contribution is 5.90. The molecule has 35 heavy (non-hydrogen) atoms. The lowest BCUT2D eigenvalue weighted by Gasteiger charge is -2.34. The fourth-order valence-corrected chi connectivity index (χ4v) is 3.70. The van der Waals surface area contributed by atoms with Crippen LogP contribution in [0.1, 0.15) is 19.4 Å². The molecule has 3 rings (SSSR count). The molecule has 9 nitrogen and oxygen atoms in total. The predicted molar refractivity (Wildman–Crippen MR) is 131 cm³/mol. The van der Waals surface area contributed by atoms with Gasteiger partial charge in [-0.25, -0.2) is 9.59 Å². The minimum atomic E-state index is -0.849. The molecule has 1 atom stereocenters. The van der Waals surface area contributed by atoms with Gasteiger partial charge in [0.25, 0.3) is 5.91 Å². The van der Waals surface area contributed by atoms with E-state index in [1.54, 1.807) is 35.8 Å². The Hall–Kier alpha value is -3.88. The molecule has 0 bridgehead atoms. The van der Waals surface area contributed by atoms with Crippen LogP contribution in [-0.2, 0) is 25.5 Å². The Morgan fingerprint density at radius 1 is 0.857 bits per heavy atom. The lowest BCUT2D eigenvalue weighted by molar-refractivity contribution is -0.156. The van der Waals surface area contributed by atoms with Crippen LogP contribution in [0.3, 0.4) is 0 Å². The van der Waals surface area contributed by atoms with Gasteiger partial charge in [-0.15, -0.1) is 0 Å². The van der Waals surface area contributed by atoms with Crippen LogP contribution in [0.15, 0.2) is 60.7 Å². The number of para-hydroxylation sites is 1. The van der Waals surface area contributed by atoms with Crippen molar-refractivity contribution in [2.45, 2.75) is 26.3 Å². The molecule has 9 heteroatoms. The Labute approximate surface area is 205 Å². The van der Waals surface area contributed by atoms with Crippen molar-refractivity contribution >= 4 is 29.5 Å². The van der Waals surface area contributed by atoms with E-state index >= 15 is 0 Å². The first-order valence-corrected chi connectivity index (χ1v) is 11.7. The molecule has 186 valence electrons. The van der Waals surface area contributed by atoms with Crippen molar-refractivity contribution in [3.63, 3.8) is 0 Å². The molecule has 0 spiro atoms. The first-order valence-electron chi connectivity index (χ1n) is 11.7. The lowest BCUT2D eigenvalue weighted by atomic mass is 10.0. The second-order valence-corrected chi connectivity index (χ2v) is 8.72. The molecule has 1 aliphatic rings. The number of carbonyl (C=O) groups excluding carboxylic acids is 4. The van der Waals surface area contributed by atoms with E-state index in [0.29, 0.717) is 31.9 Å². The maximum absolute atomic E-state index is 12.6. The van der Waals surface area contributed by atoms with Gasteiger partial charge in [-0.1, -0.05) is 62.4 Å². The van der Waals surface area contributed by atoms with E-state index in [0.717, 1.165) is 5.56 Å². The minimum Gasteiger partial charge on any atom is -0.454 e. The molecule has 2 aromatic carbocycles.